The van der Waals surface area contributed by atoms with Crippen LogP contribution in [0.15, 0.2) is 65.5 Å². The molecule has 1 aromatic heterocycles. The summed E-state index contributed by atoms with van der Waals surface area (Å²) in [5.74, 6) is -1.41. The molecule has 6 rings (SSSR count). The van der Waals surface area contributed by atoms with Crippen molar-refractivity contribution in [3.05, 3.63) is 105 Å². The van der Waals surface area contributed by atoms with Gasteiger partial charge in [0.05, 0.1) is 27.7 Å². The summed E-state index contributed by atoms with van der Waals surface area (Å²) >= 11 is 0. The van der Waals surface area contributed by atoms with Crippen molar-refractivity contribution in [1.82, 2.24) is 9.55 Å². The molecule has 9 nitrogen and oxygen atoms in total. The third-order valence-corrected chi connectivity index (χ3v) is 6.61. The van der Waals surface area contributed by atoms with Gasteiger partial charge in [-0.05, 0) is 30.7 Å². The second-order valence-electron chi connectivity index (χ2n) is 8.88. The fraction of sp³-hybridized carbons (Fsp3) is 0.143. The predicted molar refractivity (Wildman–Crippen MR) is 133 cm³/mol. The van der Waals surface area contributed by atoms with E-state index in [0.29, 0.717) is 35.3 Å². The molecule has 0 saturated heterocycles. The minimum absolute atomic E-state index is 0.102. The zero-order valence-electron chi connectivity index (χ0n) is 19.4. The lowest BCUT2D eigenvalue weighted by atomic mass is 9.83. The standard InChI is InChI=1S/C28H19N3O6/c32-23(30-20-8-3-7-19-24(20)26(34)17-6-2-1-5-16(17)25(19)33)14-37-28(36)15-10-11-18-21(13-15)29-22-9-4-12-31(22)27(18)35/h1-3,5-8,10-11,13H,4,9,12,14H2,(H,30,32). The molecule has 0 unspecified atom stereocenters. The molecule has 0 atom stereocenters. The van der Waals surface area contributed by atoms with Crippen LogP contribution in [0.1, 0.15) is 54.4 Å². The number of aromatic nitrogens is 2. The molecule has 37 heavy (non-hydrogen) atoms. The van der Waals surface area contributed by atoms with E-state index in [1.807, 2.05) is 0 Å². The minimum atomic E-state index is -0.755. The van der Waals surface area contributed by atoms with Crippen LogP contribution in [0.4, 0.5) is 5.69 Å². The summed E-state index contributed by atoms with van der Waals surface area (Å²) in [7, 11) is 0. The quantitative estimate of drug-likeness (QED) is 0.382. The molecule has 2 heterocycles. The van der Waals surface area contributed by atoms with E-state index in [1.54, 1.807) is 34.9 Å². The number of carbonyl (C=O) groups is 4. The summed E-state index contributed by atoms with van der Waals surface area (Å²) in [5, 5.41) is 2.99. The number of ketones is 2. The normalized spacial score (nSPS) is 13.6. The summed E-state index contributed by atoms with van der Waals surface area (Å²) in [4.78, 5) is 68.3. The van der Waals surface area contributed by atoms with Gasteiger partial charge in [-0.25, -0.2) is 9.78 Å². The summed E-state index contributed by atoms with van der Waals surface area (Å²) in [5.41, 5.74) is 1.46. The number of hydrogen-bond donors (Lipinski definition) is 1. The number of ether oxygens (including phenoxy) is 1. The average molecular weight is 493 g/mol. The monoisotopic (exact) mass is 493 g/mol. The summed E-state index contributed by atoms with van der Waals surface area (Å²) in [6.45, 7) is 0.0203. The molecule has 1 N–H and O–H groups in total. The Labute approximate surface area is 209 Å². The SMILES string of the molecule is O=C(COC(=O)c1ccc2c(=O)n3c(nc2c1)CCC3)Nc1cccc2c1C(=O)c1ccccc1C2=O. The fourth-order valence-corrected chi connectivity index (χ4v) is 4.86. The Hall–Kier alpha value is -4.92. The minimum Gasteiger partial charge on any atom is -0.452 e. The smallest absolute Gasteiger partial charge is 0.338 e. The first kappa shape index (κ1) is 22.5. The lowest BCUT2D eigenvalue weighted by Crippen LogP contribution is -2.26. The van der Waals surface area contributed by atoms with Crippen molar-refractivity contribution in [2.75, 3.05) is 11.9 Å². The van der Waals surface area contributed by atoms with E-state index in [-0.39, 0.29) is 45.1 Å². The Kier molecular flexibility index (Phi) is 5.26. The van der Waals surface area contributed by atoms with Gasteiger partial charge in [-0.2, -0.15) is 0 Å². The van der Waals surface area contributed by atoms with Crippen molar-refractivity contribution >= 4 is 40.0 Å². The van der Waals surface area contributed by atoms with Crippen molar-refractivity contribution in [1.29, 1.82) is 0 Å². The highest BCUT2D eigenvalue weighted by atomic mass is 16.5. The van der Waals surface area contributed by atoms with E-state index >= 15 is 0 Å². The third kappa shape index (κ3) is 3.72. The lowest BCUT2D eigenvalue weighted by molar-refractivity contribution is -0.119. The van der Waals surface area contributed by atoms with Crippen molar-refractivity contribution in [3.8, 4) is 0 Å². The molecule has 4 aromatic rings. The number of esters is 1. The highest BCUT2D eigenvalue weighted by Crippen LogP contribution is 2.32. The van der Waals surface area contributed by atoms with Gasteiger partial charge in [-0.15, -0.1) is 0 Å². The molecule has 1 amide bonds. The Morgan fingerprint density at radius 2 is 1.68 bits per heavy atom. The van der Waals surface area contributed by atoms with E-state index in [9.17, 15) is 24.0 Å². The van der Waals surface area contributed by atoms with Gasteiger partial charge in [-0.3, -0.25) is 23.7 Å². The molecule has 1 aliphatic carbocycles. The Morgan fingerprint density at radius 1 is 0.919 bits per heavy atom. The van der Waals surface area contributed by atoms with Gasteiger partial charge < -0.3 is 10.1 Å². The van der Waals surface area contributed by atoms with Gasteiger partial charge in [0.2, 0.25) is 0 Å². The maximum absolute atomic E-state index is 13.1. The number of rotatable bonds is 4. The molecular formula is C28H19N3O6. The molecule has 0 radical (unpaired) electrons. The van der Waals surface area contributed by atoms with Crippen LogP contribution < -0.4 is 10.9 Å². The van der Waals surface area contributed by atoms with Crippen molar-refractivity contribution < 1.29 is 23.9 Å². The number of amides is 1. The van der Waals surface area contributed by atoms with Gasteiger partial charge in [0.1, 0.15) is 5.82 Å². The molecule has 0 bridgehead atoms. The molecule has 2 aliphatic rings. The van der Waals surface area contributed by atoms with Gasteiger partial charge in [0, 0.05) is 29.7 Å². The molecule has 0 spiro atoms. The maximum atomic E-state index is 13.1. The van der Waals surface area contributed by atoms with Gasteiger partial charge in [-0.1, -0.05) is 36.4 Å². The summed E-state index contributed by atoms with van der Waals surface area (Å²) in [6, 6.07) is 15.6. The highest BCUT2D eigenvalue weighted by Gasteiger charge is 2.31. The van der Waals surface area contributed by atoms with E-state index < -0.39 is 18.5 Å². The van der Waals surface area contributed by atoms with Crippen LogP contribution in [0.3, 0.4) is 0 Å². The van der Waals surface area contributed by atoms with E-state index in [4.69, 9.17) is 4.74 Å². The molecule has 9 heteroatoms. The van der Waals surface area contributed by atoms with Crippen molar-refractivity contribution in [2.24, 2.45) is 0 Å². The first-order valence-electron chi connectivity index (χ1n) is 11.7. The topological polar surface area (TPSA) is 124 Å². The molecular weight excluding hydrogens is 474 g/mol. The van der Waals surface area contributed by atoms with Gasteiger partial charge >= 0.3 is 5.97 Å². The van der Waals surface area contributed by atoms with E-state index in [2.05, 4.69) is 10.3 Å². The first-order chi connectivity index (χ1) is 17.9. The van der Waals surface area contributed by atoms with Crippen LogP contribution >= 0.6 is 0 Å². The van der Waals surface area contributed by atoms with Crippen LogP contribution in [0.25, 0.3) is 10.9 Å². The van der Waals surface area contributed by atoms with Crippen LogP contribution in [-0.4, -0.2) is 39.6 Å². The molecule has 0 saturated carbocycles. The number of benzene rings is 3. The number of carbonyl (C=O) groups excluding carboxylic acids is 4. The summed E-state index contributed by atoms with van der Waals surface area (Å²) in [6.07, 6.45) is 1.54. The second-order valence-corrected chi connectivity index (χ2v) is 8.88. The highest BCUT2D eigenvalue weighted by molar-refractivity contribution is 6.30. The number of hydrogen-bond acceptors (Lipinski definition) is 7. The van der Waals surface area contributed by atoms with E-state index in [1.165, 1.54) is 30.3 Å². The summed E-state index contributed by atoms with van der Waals surface area (Å²) < 4.78 is 6.81. The van der Waals surface area contributed by atoms with Crippen LogP contribution in [0, 0.1) is 0 Å². The molecule has 182 valence electrons. The Bertz CT molecular complexity index is 1740. The Morgan fingerprint density at radius 3 is 2.49 bits per heavy atom. The van der Waals surface area contributed by atoms with Gasteiger partial charge in [0.15, 0.2) is 18.2 Å². The van der Waals surface area contributed by atoms with Crippen LogP contribution in [0.2, 0.25) is 0 Å². The van der Waals surface area contributed by atoms with Crippen LogP contribution in [0.5, 0.6) is 0 Å². The lowest BCUT2D eigenvalue weighted by Gasteiger charge is -2.20. The number of anilines is 1. The van der Waals surface area contributed by atoms with Crippen LogP contribution in [-0.2, 0) is 22.5 Å². The maximum Gasteiger partial charge on any atom is 0.338 e. The second kappa shape index (κ2) is 8.63. The zero-order chi connectivity index (χ0) is 25.7. The molecule has 1 aliphatic heterocycles. The fourth-order valence-electron chi connectivity index (χ4n) is 4.86. The predicted octanol–water partition coefficient (Wildman–Crippen LogP) is 2.91. The molecule has 0 fully saturated rings. The zero-order valence-corrected chi connectivity index (χ0v) is 19.4. The Balaban J connectivity index is 1.19. The van der Waals surface area contributed by atoms with Crippen molar-refractivity contribution in [2.45, 2.75) is 19.4 Å². The van der Waals surface area contributed by atoms with Crippen molar-refractivity contribution in [3.63, 3.8) is 0 Å². The third-order valence-electron chi connectivity index (χ3n) is 6.61. The largest absolute Gasteiger partial charge is 0.452 e. The average Bonchev–Trinajstić information content (AvgIpc) is 3.39. The van der Waals surface area contributed by atoms with Gasteiger partial charge in [0.25, 0.3) is 11.5 Å². The number of aryl methyl sites for hydroxylation is 1. The first-order valence-corrected chi connectivity index (χ1v) is 11.7. The number of nitrogens with one attached hydrogen (secondary N) is 1. The van der Waals surface area contributed by atoms with E-state index in [0.717, 1.165) is 6.42 Å². The number of fused-ring (bicyclic) bond motifs is 4. The number of nitrogens with zero attached hydrogens (tertiary/aromatic N) is 2. The molecule has 3 aromatic carbocycles.